The molecule has 0 unspecified atom stereocenters. The number of methoxy groups -OCH3 is 1. The summed E-state index contributed by atoms with van der Waals surface area (Å²) in [4.78, 5) is 43.0. The molecule has 4 heterocycles. The second-order valence-corrected chi connectivity index (χ2v) is 10.6. The van der Waals surface area contributed by atoms with Gasteiger partial charge in [-0.25, -0.2) is 19.7 Å². The van der Waals surface area contributed by atoms with Gasteiger partial charge < -0.3 is 29.0 Å². The Morgan fingerprint density at radius 3 is 2.54 bits per heavy atom. The second kappa shape index (κ2) is 9.53. The minimum Gasteiger partial charge on any atom is -0.493 e. The SMILES string of the molecule is COc1cc(NC(=O)c2cnc(N3CC[C@@H](N(C(=O)OC(C)(C)C)C4CC4)C3)cn2)cn2cc(C)nc12. The molecule has 1 saturated carbocycles. The van der Waals surface area contributed by atoms with Crippen molar-refractivity contribution in [3.8, 4) is 5.75 Å². The molecule has 3 aromatic heterocycles. The number of aryl methyl sites for hydroxylation is 1. The lowest BCUT2D eigenvalue weighted by molar-refractivity contribution is 0.0158. The quantitative estimate of drug-likeness (QED) is 0.538. The van der Waals surface area contributed by atoms with Crippen LogP contribution in [0.15, 0.2) is 30.9 Å². The molecule has 1 aliphatic carbocycles. The van der Waals surface area contributed by atoms with Crippen molar-refractivity contribution >= 4 is 29.2 Å². The van der Waals surface area contributed by atoms with Crippen LogP contribution in [0.25, 0.3) is 5.65 Å². The summed E-state index contributed by atoms with van der Waals surface area (Å²) in [5.41, 5.74) is 1.76. The molecule has 0 aromatic carbocycles. The molecule has 2 fully saturated rings. The first kappa shape index (κ1) is 24.8. The molecule has 1 atom stereocenters. The van der Waals surface area contributed by atoms with E-state index in [4.69, 9.17) is 9.47 Å². The first-order chi connectivity index (χ1) is 17.6. The molecule has 1 N–H and O–H groups in total. The van der Waals surface area contributed by atoms with Crippen molar-refractivity contribution < 1.29 is 19.1 Å². The zero-order valence-corrected chi connectivity index (χ0v) is 21.9. The Balaban J connectivity index is 1.24. The highest BCUT2D eigenvalue weighted by Gasteiger charge is 2.42. The van der Waals surface area contributed by atoms with E-state index in [9.17, 15) is 9.59 Å². The highest BCUT2D eigenvalue weighted by Crippen LogP contribution is 2.34. The number of carbonyl (C=O) groups excluding carboxylic acids is 2. The number of carbonyl (C=O) groups is 2. The number of amides is 2. The van der Waals surface area contributed by atoms with Gasteiger partial charge in [0.1, 0.15) is 17.1 Å². The molecule has 11 nitrogen and oxygen atoms in total. The molecule has 1 aliphatic heterocycles. The van der Waals surface area contributed by atoms with Gasteiger partial charge in [0.05, 0.1) is 36.9 Å². The highest BCUT2D eigenvalue weighted by molar-refractivity contribution is 6.02. The van der Waals surface area contributed by atoms with Crippen molar-refractivity contribution in [2.24, 2.45) is 0 Å². The van der Waals surface area contributed by atoms with Crippen molar-refractivity contribution in [3.63, 3.8) is 0 Å². The van der Waals surface area contributed by atoms with Crippen LogP contribution in [0.3, 0.4) is 0 Å². The fourth-order valence-corrected chi connectivity index (χ4v) is 4.65. The van der Waals surface area contributed by atoms with Crippen LogP contribution in [0, 0.1) is 6.92 Å². The number of ether oxygens (including phenoxy) is 2. The van der Waals surface area contributed by atoms with Gasteiger partial charge in [-0.3, -0.25) is 4.79 Å². The van der Waals surface area contributed by atoms with Crippen LogP contribution in [0.4, 0.5) is 16.3 Å². The van der Waals surface area contributed by atoms with Gasteiger partial charge in [0.25, 0.3) is 5.91 Å². The lowest BCUT2D eigenvalue weighted by Gasteiger charge is -2.31. The summed E-state index contributed by atoms with van der Waals surface area (Å²) in [5.74, 6) is 0.861. The van der Waals surface area contributed by atoms with E-state index in [2.05, 4.69) is 25.2 Å². The van der Waals surface area contributed by atoms with Crippen LogP contribution in [-0.4, -0.2) is 74.1 Å². The van der Waals surface area contributed by atoms with Crippen LogP contribution in [-0.2, 0) is 4.74 Å². The molecule has 2 aliphatic rings. The lowest BCUT2D eigenvalue weighted by Crippen LogP contribution is -2.46. The number of rotatable bonds is 6. The van der Waals surface area contributed by atoms with Crippen LogP contribution >= 0.6 is 0 Å². The molecule has 11 heteroatoms. The molecule has 3 aromatic rings. The predicted molar refractivity (Wildman–Crippen MR) is 138 cm³/mol. The fourth-order valence-electron chi connectivity index (χ4n) is 4.65. The number of nitrogens with zero attached hydrogens (tertiary/aromatic N) is 6. The number of hydrogen-bond acceptors (Lipinski definition) is 8. The van der Waals surface area contributed by atoms with Gasteiger partial charge in [-0.05, 0) is 47.0 Å². The van der Waals surface area contributed by atoms with E-state index < -0.39 is 5.60 Å². The Kier molecular flexibility index (Phi) is 6.38. The normalized spacial score (nSPS) is 17.6. The number of aromatic nitrogens is 4. The molecular weight excluding hydrogens is 474 g/mol. The Morgan fingerprint density at radius 2 is 1.89 bits per heavy atom. The van der Waals surface area contributed by atoms with Gasteiger partial charge in [-0.1, -0.05) is 0 Å². The molecule has 0 radical (unpaired) electrons. The fraction of sp³-hybridized carbons (Fsp3) is 0.500. The largest absolute Gasteiger partial charge is 0.493 e. The average molecular weight is 508 g/mol. The summed E-state index contributed by atoms with van der Waals surface area (Å²) in [6, 6.07) is 2.03. The topological polar surface area (TPSA) is 114 Å². The van der Waals surface area contributed by atoms with Gasteiger partial charge in [-0.2, -0.15) is 0 Å². The standard InChI is InChI=1S/C26H33N7O4/c1-16-13-32-14-17(10-21(36-5)23(32)29-16)30-24(34)20-11-28-22(12-27-20)31-9-8-19(15-31)33(18-6-7-18)25(35)37-26(2,3)4/h10-14,18-19H,6-9,15H2,1-5H3,(H,30,34)/t19-/m1/s1. The van der Waals surface area contributed by atoms with Crippen LogP contribution in [0.2, 0.25) is 0 Å². The van der Waals surface area contributed by atoms with E-state index in [0.29, 0.717) is 29.4 Å². The zero-order chi connectivity index (χ0) is 26.3. The van der Waals surface area contributed by atoms with Gasteiger partial charge >= 0.3 is 6.09 Å². The summed E-state index contributed by atoms with van der Waals surface area (Å²) in [5, 5.41) is 2.85. The molecule has 1 saturated heterocycles. The van der Waals surface area contributed by atoms with E-state index in [1.54, 1.807) is 25.6 Å². The van der Waals surface area contributed by atoms with Crippen molar-refractivity contribution in [2.75, 3.05) is 30.4 Å². The first-order valence-corrected chi connectivity index (χ1v) is 12.5. The number of pyridine rings is 1. The van der Waals surface area contributed by atoms with Crippen LogP contribution < -0.4 is 15.0 Å². The molecule has 2 amide bonds. The van der Waals surface area contributed by atoms with Gasteiger partial charge in [-0.15, -0.1) is 0 Å². The third kappa shape index (κ3) is 5.45. The van der Waals surface area contributed by atoms with Crippen molar-refractivity contribution in [3.05, 3.63) is 42.2 Å². The van der Waals surface area contributed by atoms with Gasteiger partial charge in [0, 0.05) is 37.6 Å². The van der Waals surface area contributed by atoms with E-state index in [-0.39, 0.29) is 29.8 Å². The molecular formula is C26H33N7O4. The number of imidazole rings is 1. The summed E-state index contributed by atoms with van der Waals surface area (Å²) in [7, 11) is 1.56. The molecule has 37 heavy (non-hydrogen) atoms. The van der Waals surface area contributed by atoms with Crippen molar-refractivity contribution in [1.29, 1.82) is 0 Å². The Bertz CT molecular complexity index is 1310. The first-order valence-electron chi connectivity index (χ1n) is 12.5. The van der Waals surface area contributed by atoms with E-state index in [1.807, 2.05) is 43.2 Å². The summed E-state index contributed by atoms with van der Waals surface area (Å²) in [6.45, 7) is 8.96. The monoisotopic (exact) mass is 507 g/mol. The second-order valence-electron chi connectivity index (χ2n) is 10.6. The lowest BCUT2D eigenvalue weighted by atomic mass is 10.2. The van der Waals surface area contributed by atoms with Crippen molar-refractivity contribution in [1.82, 2.24) is 24.3 Å². The number of fused-ring (bicyclic) bond motifs is 1. The maximum absolute atomic E-state index is 12.9. The third-order valence-corrected chi connectivity index (χ3v) is 6.41. The van der Waals surface area contributed by atoms with E-state index in [1.165, 1.54) is 6.20 Å². The smallest absolute Gasteiger partial charge is 0.410 e. The third-order valence-electron chi connectivity index (χ3n) is 6.41. The minimum atomic E-state index is -0.529. The predicted octanol–water partition coefficient (Wildman–Crippen LogP) is 3.67. The Morgan fingerprint density at radius 1 is 1.11 bits per heavy atom. The van der Waals surface area contributed by atoms with E-state index >= 15 is 0 Å². The zero-order valence-electron chi connectivity index (χ0n) is 21.9. The Labute approximate surface area is 215 Å². The number of nitrogens with one attached hydrogen (secondary N) is 1. The van der Waals surface area contributed by atoms with Gasteiger partial charge in [0.15, 0.2) is 11.4 Å². The number of hydrogen-bond donors (Lipinski definition) is 1. The van der Waals surface area contributed by atoms with E-state index in [0.717, 1.165) is 31.5 Å². The average Bonchev–Trinajstić information content (AvgIpc) is 3.41. The molecule has 0 bridgehead atoms. The molecule has 0 spiro atoms. The summed E-state index contributed by atoms with van der Waals surface area (Å²) < 4.78 is 12.9. The minimum absolute atomic E-state index is 0.0591. The number of anilines is 2. The van der Waals surface area contributed by atoms with Gasteiger partial charge in [0.2, 0.25) is 0 Å². The summed E-state index contributed by atoms with van der Waals surface area (Å²) >= 11 is 0. The Hall–Kier alpha value is -3.89. The van der Waals surface area contributed by atoms with Crippen LogP contribution in [0.5, 0.6) is 5.75 Å². The van der Waals surface area contributed by atoms with Crippen LogP contribution in [0.1, 0.15) is 56.2 Å². The molecule has 5 rings (SSSR count). The van der Waals surface area contributed by atoms with Crippen molar-refractivity contribution in [2.45, 2.75) is 64.6 Å². The summed E-state index contributed by atoms with van der Waals surface area (Å²) in [6.07, 6.45) is 9.32. The molecule has 196 valence electrons. The maximum atomic E-state index is 12.9. The maximum Gasteiger partial charge on any atom is 0.410 e. The highest BCUT2D eigenvalue weighted by atomic mass is 16.6.